The zero-order valence-corrected chi connectivity index (χ0v) is 14.1. The van der Waals surface area contributed by atoms with Crippen LogP contribution in [-0.4, -0.2) is 51.2 Å². The van der Waals surface area contributed by atoms with Gasteiger partial charge < -0.3 is 15.0 Å². The number of sulfonamides is 1. The van der Waals surface area contributed by atoms with Crippen LogP contribution in [-0.2, 0) is 14.8 Å². The second-order valence-corrected chi connectivity index (χ2v) is 7.17. The highest BCUT2D eigenvalue weighted by Crippen LogP contribution is 2.28. The van der Waals surface area contributed by atoms with Crippen LogP contribution in [0, 0.1) is 0 Å². The molecule has 0 bridgehead atoms. The predicted molar refractivity (Wildman–Crippen MR) is 93.3 cm³/mol. The van der Waals surface area contributed by atoms with Gasteiger partial charge in [0.1, 0.15) is 0 Å². The zero-order chi connectivity index (χ0) is 17.0. The van der Waals surface area contributed by atoms with Crippen LogP contribution in [0.15, 0.2) is 36.4 Å². The number of ether oxygens (including phenoxy) is 1. The first-order valence-corrected chi connectivity index (χ1v) is 9.41. The van der Waals surface area contributed by atoms with Crippen molar-refractivity contribution in [1.29, 1.82) is 0 Å². The Hall–Kier alpha value is -2.39. The van der Waals surface area contributed by atoms with Gasteiger partial charge in [0, 0.05) is 13.1 Å². The molecule has 1 aromatic heterocycles. The van der Waals surface area contributed by atoms with Crippen LogP contribution in [0.5, 0.6) is 0 Å². The lowest BCUT2D eigenvalue weighted by atomic mass is 10.2. The molecule has 2 aromatic rings. The molecule has 1 fully saturated rings. The predicted octanol–water partition coefficient (Wildman–Crippen LogP) is 1.43. The number of anilines is 4. The maximum atomic E-state index is 11.2. The highest BCUT2D eigenvalue weighted by molar-refractivity contribution is 7.92. The molecular formula is C15H19N5O3S. The molecule has 0 atom stereocenters. The summed E-state index contributed by atoms with van der Waals surface area (Å²) >= 11 is 0. The number of para-hydroxylation sites is 2. The Morgan fingerprint density at radius 3 is 2.38 bits per heavy atom. The summed E-state index contributed by atoms with van der Waals surface area (Å²) in [7, 11) is -3.36. The number of nitrogens with zero attached hydrogens (tertiary/aromatic N) is 3. The van der Waals surface area contributed by atoms with Crippen LogP contribution in [0.4, 0.5) is 23.0 Å². The second kappa shape index (κ2) is 7.02. The maximum absolute atomic E-state index is 11.2. The third kappa shape index (κ3) is 4.33. The van der Waals surface area contributed by atoms with Crippen LogP contribution in [0.2, 0.25) is 0 Å². The van der Waals surface area contributed by atoms with E-state index in [1.54, 1.807) is 12.1 Å². The van der Waals surface area contributed by atoms with Crippen LogP contribution in [0.25, 0.3) is 0 Å². The van der Waals surface area contributed by atoms with Gasteiger partial charge >= 0.3 is 0 Å². The van der Waals surface area contributed by atoms with Crippen molar-refractivity contribution in [3.8, 4) is 0 Å². The molecule has 0 unspecified atom stereocenters. The van der Waals surface area contributed by atoms with Gasteiger partial charge in [-0.05, 0) is 24.3 Å². The Morgan fingerprint density at radius 1 is 1.04 bits per heavy atom. The lowest BCUT2D eigenvalue weighted by Gasteiger charge is -2.30. The SMILES string of the molecule is CS(=O)(=O)Nc1ccc(Nc2ccccc2N2CCOCC2)nn1. The summed E-state index contributed by atoms with van der Waals surface area (Å²) < 4.78 is 30.0. The van der Waals surface area contributed by atoms with E-state index >= 15 is 0 Å². The molecule has 3 rings (SSSR count). The lowest BCUT2D eigenvalue weighted by molar-refractivity contribution is 0.123. The topological polar surface area (TPSA) is 96.5 Å². The first-order valence-electron chi connectivity index (χ1n) is 7.51. The molecular weight excluding hydrogens is 330 g/mol. The van der Waals surface area contributed by atoms with E-state index in [0.29, 0.717) is 19.0 Å². The van der Waals surface area contributed by atoms with Crippen LogP contribution in [0.1, 0.15) is 0 Å². The van der Waals surface area contributed by atoms with Crippen molar-refractivity contribution < 1.29 is 13.2 Å². The number of rotatable bonds is 5. The smallest absolute Gasteiger partial charge is 0.231 e. The number of hydrogen-bond acceptors (Lipinski definition) is 7. The minimum Gasteiger partial charge on any atom is -0.378 e. The van der Waals surface area contributed by atoms with E-state index in [2.05, 4.69) is 25.1 Å². The van der Waals surface area contributed by atoms with Gasteiger partial charge in [-0.2, -0.15) is 0 Å². The van der Waals surface area contributed by atoms with Gasteiger partial charge in [0.15, 0.2) is 11.6 Å². The molecule has 0 radical (unpaired) electrons. The molecule has 0 amide bonds. The van der Waals surface area contributed by atoms with Crippen molar-refractivity contribution in [2.75, 3.05) is 47.5 Å². The fourth-order valence-corrected chi connectivity index (χ4v) is 2.93. The Bertz CT molecular complexity index is 789. The Labute approximate surface area is 140 Å². The number of nitrogens with one attached hydrogen (secondary N) is 2. The number of aromatic nitrogens is 2. The Morgan fingerprint density at radius 2 is 1.71 bits per heavy atom. The first-order chi connectivity index (χ1) is 11.5. The molecule has 8 nitrogen and oxygen atoms in total. The normalized spacial score (nSPS) is 15.1. The van der Waals surface area contributed by atoms with Crippen molar-refractivity contribution in [3.63, 3.8) is 0 Å². The molecule has 128 valence electrons. The molecule has 0 saturated carbocycles. The molecule has 1 aliphatic heterocycles. The van der Waals surface area contributed by atoms with Gasteiger partial charge in [-0.15, -0.1) is 10.2 Å². The van der Waals surface area contributed by atoms with Gasteiger partial charge in [-0.25, -0.2) is 8.42 Å². The average Bonchev–Trinajstić information content (AvgIpc) is 2.57. The summed E-state index contributed by atoms with van der Waals surface area (Å²) in [6.07, 6.45) is 1.07. The monoisotopic (exact) mass is 349 g/mol. The van der Waals surface area contributed by atoms with Crippen molar-refractivity contribution in [2.45, 2.75) is 0 Å². The average molecular weight is 349 g/mol. The van der Waals surface area contributed by atoms with E-state index in [4.69, 9.17) is 4.74 Å². The van der Waals surface area contributed by atoms with Crippen molar-refractivity contribution in [2.24, 2.45) is 0 Å². The van der Waals surface area contributed by atoms with Crippen molar-refractivity contribution in [1.82, 2.24) is 10.2 Å². The zero-order valence-electron chi connectivity index (χ0n) is 13.3. The van der Waals surface area contributed by atoms with Crippen molar-refractivity contribution in [3.05, 3.63) is 36.4 Å². The summed E-state index contributed by atoms with van der Waals surface area (Å²) in [5.74, 6) is 0.722. The number of hydrogen-bond donors (Lipinski definition) is 2. The molecule has 9 heteroatoms. The third-order valence-corrected chi connectivity index (χ3v) is 4.05. The lowest BCUT2D eigenvalue weighted by Crippen LogP contribution is -2.36. The minimum absolute atomic E-state index is 0.185. The molecule has 0 aliphatic carbocycles. The fraction of sp³-hybridized carbons (Fsp3) is 0.333. The first kappa shape index (κ1) is 16.5. The van der Waals surface area contributed by atoms with Gasteiger partial charge in [-0.1, -0.05) is 12.1 Å². The summed E-state index contributed by atoms with van der Waals surface area (Å²) in [5.41, 5.74) is 1.98. The number of benzene rings is 1. The summed E-state index contributed by atoms with van der Waals surface area (Å²) in [4.78, 5) is 2.25. The maximum Gasteiger partial charge on any atom is 0.231 e. The largest absolute Gasteiger partial charge is 0.378 e. The standard InChI is InChI=1S/C15H19N5O3S/c1-24(21,22)19-15-7-6-14(17-18-15)16-12-4-2-3-5-13(12)20-8-10-23-11-9-20/h2-7H,8-11H2,1H3,(H,16,17)(H,18,19). The summed E-state index contributed by atoms with van der Waals surface area (Å²) in [5, 5.41) is 11.1. The fourth-order valence-electron chi connectivity index (χ4n) is 2.44. The molecule has 1 aliphatic rings. The third-order valence-electron chi connectivity index (χ3n) is 3.47. The summed E-state index contributed by atoms with van der Waals surface area (Å²) in [6.45, 7) is 3.09. The molecule has 24 heavy (non-hydrogen) atoms. The molecule has 0 spiro atoms. The Balaban J connectivity index is 1.76. The van der Waals surface area contributed by atoms with E-state index in [9.17, 15) is 8.42 Å². The number of morpholine rings is 1. The molecule has 2 N–H and O–H groups in total. The minimum atomic E-state index is -3.36. The van der Waals surface area contributed by atoms with E-state index in [1.807, 2.05) is 24.3 Å². The van der Waals surface area contributed by atoms with Gasteiger partial charge in [0.25, 0.3) is 0 Å². The highest BCUT2D eigenvalue weighted by Gasteiger charge is 2.14. The van der Waals surface area contributed by atoms with Crippen LogP contribution in [0.3, 0.4) is 0 Å². The van der Waals surface area contributed by atoms with E-state index in [0.717, 1.165) is 30.7 Å². The van der Waals surface area contributed by atoms with Gasteiger partial charge in [0.05, 0.1) is 30.8 Å². The van der Waals surface area contributed by atoms with Crippen molar-refractivity contribution >= 4 is 33.0 Å². The van der Waals surface area contributed by atoms with Gasteiger partial charge in [-0.3, -0.25) is 4.72 Å². The van der Waals surface area contributed by atoms with E-state index in [-0.39, 0.29) is 5.82 Å². The molecule has 1 aromatic carbocycles. The van der Waals surface area contributed by atoms with Crippen LogP contribution >= 0.6 is 0 Å². The quantitative estimate of drug-likeness (QED) is 0.843. The molecule has 1 saturated heterocycles. The highest BCUT2D eigenvalue weighted by atomic mass is 32.2. The summed E-state index contributed by atoms with van der Waals surface area (Å²) in [6, 6.07) is 11.2. The van der Waals surface area contributed by atoms with E-state index in [1.165, 1.54) is 0 Å². The van der Waals surface area contributed by atoms with Gasteiger partial charge in [0.2, 0.25) is 10.0 Å². The van der Waals surface area contributed by atoms with Crippen LogP contribution < -0.4 is 14.9 Å². The molecule has 2 heterocycles. The van der Waals surface area contributed by atoms with E-state index < -0.39 is 10.0 Å². The Kier molecular flexibility index (Phi) is 4.81. The second-order valence-electron chi connectivity index (χ2n) is 5.42.